The van der Waals surface area contributed by atoms with Gasteiger partial charge in [-0.05, 0) is 42.2 Å². The van der Waals surface area contributed by atoms with Gasteiger partial charge in [0.25, 0.3) is 5.91 Å². The largest absolute Gasteiger partial charge is 0.283 e. The molecule has 0 spiro atoms. The van der Waals surface area contributed by atoms with Crippen molar-refractivity contribution >= 4 is 34.6 Å². The Labute approximate surface area is 164 Å². The highest BCUT2D eigenvalue weighted by molar-refractivity contribution is 8.14. The number of nitriles is 1. The number of thioether (sulfide) groups is 1. The third kappa shape index (κ3) is 4.29. The Hall–Kier alpha value is -2.84. The van der Waals surface area contributed by atoms with Gasteiger partial charge in [0.1, 0.15) is 5.70 Å². The Morgan fingerprint density at radius 3 is 2.41 bits per heavy atom. The van der Waals surface area contributed by atoms with Crippen molar-refractivity contribution < 1.29 is 4.79 Å². The van der Waals surface area contributed by atoms with Crippen LogP contribution in [0.1, 0.15) is 36.5 Å². The fraction of sp³-hybridized carbons (Fsp3) is 0.227. The molecule has 4 nitrogen and oxygen atoms in total. The van der Waals surface area contributed by atoms with Gasteiger partial charge in [0.15, 0.2) is 5.17 Å². The van der Waals surface area contributed by atoms with E-state index in [1.54, 1.807) is 11.0 Å². The van der Waals surface area contributed by atoms with Crippen LogP contribution < -0.4 is 4.90 Å². The molecule has 0 aliphatic carbocycles. The van der Waals surface area contributed by atoms with Crippen LogP contribution in [0.2, 0.25) is 0 Å². The van der Waals surface area contributed by atoms with Crippen molar-refractivity contribution in [2.45, 2.75) is 26.7 Å². The van der Waals surface area contributed by atoms with Gasteiger partial charge >= 0.3 is 0 Å². The second-order valence-electron chi connectivity index (χ2n) is 6.67. The summed E-state index contributed by atoms with van der Waals surface area (Å²) in [5.74, 6) is 0.529. The van der Waals surface area contributed by atoms with Crippen molar-refractivity contribution in [1.29, 1.82) is 5.26 Å². The summed E-state index contributed by atoms with van der Waals surface area (Å²) in [5, 5.41) is 9.45. The van der Waals surface area contributed by atoms with E-state index in [1.807, 2.05) is 43.3 Å². The Morgan fingerprint density at radius 2 is 1.81 bits per heavy atom. The number of anilines is 1. The molecule has 2 aromatic carbocycles. The molecule has 0 fully saturated rings. The van der Waals surface area contributed by atoms with E-state index in [-0.39, 0.29) is 11.7 Å². The topological polar surface area (TPSA) is 56.5 Å². The van der Waals surface area contributed by atoms with Crippen molar-refractivity contribution in [3.8, 4) is 6.07 Å². The molecule has 136 valence electrons. The van der Waals surface area contributed by atoms with E-state index in [4.69, 9.17) is 5.26 Å². The molecule has 0 saturated carbocycles. The number of carbonyl (C=O) groups is 1. The molecule has 1 aliphatic heterocycles. The van der Waals surface area contributed by atoms with Crippen LogP contribution in [0, 0.1) is 18.3 Å². The zero-order valence-corrected chi connectivity index (χ0v) is 16.5. The molecule has 0 atom stereocenters. The average molecular weight is 375 g/mol. The number of benzene rings is 2. The standard InChI is InChI=1S/C22H21N3OS/c1-15(2)18-8-6-17(7-9-18)14-20-21(26)25(22(24-20)27-13-12-23)19-10-4-16(3)5-11-19/h4-11,14-15H,13H2,1-3H3/b20-14-. The lowest BCUT2D eigenvalue weighted by Gasteiger charge is -2.17. The third-order valence-corrected chi connectivity index (χ3v) is 5.10. The number of amidine groups is 1. The van der Waals surface area contributed by atoms with Gasteiger partial charge in [0.2, 0.25) is 0 Å². The minimum atomic E-state index is -0.174. The molecule has 0 aromatic heterocycles. The van der Waals surface area contributed by atoms with Gasteiger partial charge in [-0.25, -0.2) is 4.99 Å². The molecule has 2 aromatic rings. The number of amides is 1. The van der Waals surface area contributed by atoms with E-state index < -0.39 is 0 Å². The predicted octanol–water partition coefficient (Wildman–Crippen LogP) is 5.12. The first-order chi connectivity index (χ1) is 13.0. The minimum Gasteiger partial charge on any atom is -0.266 e. The van der Waals surface area contributed by atoms with E-state index >= 15 is 0 Å². The molecule has 0 radical (unpaired) electrons. The predicted molar refractivity (Wildman–Crippen MR) is 113 cm³/mol. The summed E-state index contributed by atoms with van der Waals surface area (Å²) in [5.41, 5.74) is 4.45. The van der Waals surface area contributed by atoms with Gasteiger partial charge in [-0.1, -0.05) is 67.6 Å². The van der Waals surface area contributed by atoms with Gasteiger partial charge in [-0.3, -0.25) is 9.69 Å². The summed E-state index contributed by atoms with van der Waals surface area (Å²) >= 11 is 1.27. The third-order valence-electron chi connectivity index (χ3n) is 4.29. The second kappa shape index (κ2) is 8.24. The van der Waals surface area contributed by atoms with Gasteiger partial charge in [-0.15, -0.1) is 0 Å². The van der Waals surface area contributed by atoms with Crippen molar-refractivity contribution in [3.05, 3.63) is 70.9 Å². The quantitative estimate of drug-likeness (QED) is 0.697. The number of hydrogen-bond acceptors (Lipinski definition) is 4. The van der Waals surface area contributed by atoms with Crippen LogP contribution in [0.25, 0.3) is 6.08 Å². The van der Waals surface area contributed by atoms with Crippen molar-refractivity contribution in [2.24, 2.45) is 4.99 Å². The van der Waals surface area contributed by atoms with Crippen LogP contribution in [0.3, 0.4) is 0 Å². The minimum absolute atomic E-state index is 0.174. The van der Waals surface area contributed by atoms with Gasteiger partial charge in [-0.2, -0.15) is 5.26 Å². The molecular formula is C22H21N3OS. The fourth-order valence-corrected chi connectivity index (χ4v) is 3.42. The van der Waals surface area contributed by atoms with Crippen LogP contribution in [0.15, 0.2) is 59.2 Å². The van der Waals surface area contributed by atoms with Crippen LogP contribution >= 0.6 is 11.8 Å². The highest BCUT2D eigenvalue weighted by Gasteiger charge is 2.31. The molecule has 5 heteroatoms. The molecule has 1 amide bonds. The summed E-state index contributed by atoms with van der Waals surface area (Å²) in [6.07, 6.45) is 1.80. The van der Waals surface area contributed by atoms with Crippen molar-refractivity contribution in [2.75, 3.05) is 10.7 Å². The zero-order valence-electron chi connectivity index (χ0n) is 15.6. The Balaban J connectivity index is 1.94. The van der Waals surface area contributed by atoms with Crippen molar-refractivity contribution in [1.82, 2.24) is 0 Å². The molecule has 0 bridgehead atoms. The van der Waals surface area contributed by atoms with Gasteiger partial charge < -0.3 is 0 Å². The monoisotopic (exact) mass is 375 g/mol. The number of nitrogens with zero attached hydrogens (tertiary/aromatic N) is 3. The maximum absolute atomic E-state index is 13.0. The van der Waals surface area contributed by atoms with Crippen LogP contribution in [0.4, 0.5) is 5.69 Å². The van der Waals surface area contributed by atoms with Crippen LogP contribution in [-0.4, -0.2) is 16.8 Å². The number of hydrogen-bond donors (Lipinski definition) is 0. The van der Waals surface area contributed by atoms with E-state index in [1.165, 1.54) is 17.3 Å². The Morgan fingerprint density at radius 1 is 1.15 bits per heavy atom. The molecule has 3 rings (SSSR count). The highest BCUT2D eigenvalue weighted by Crippen LogP contribution is 2.29. The van der Waals surface area contributed by atoms with Gasteiger partial charge in [0, 0.05) is 0 Å². The molecular weight excluding hydrogens is 354 g/mol. The van der Waals surface area contributed by atoms with Gasteiger partial charge in [0.05, 0.1) is 17.5 Å². The number of aryl methyl sites for hydroxylation is 1. The lowest BCUT2D eigenvalue weighted by atomic mass is 10.0. The fourth-order valence-electron chi connectivity index (χ4n) is 2.75. The Kier molecular flexibility index (Phi) is 5.78. The Bertz CT molecular complexity index is 935. The van der Waals surface area contributed by atoms with Crippen LogP contribution in [0.5, 0.6) is 0 Å². The lowest BCUT2D eigenvalue weighted by Crippen LogP contribution is -2.30. The summed E-state index contributed by atoms with van der Waals surface area (Å²) < 4.78 is 0. The SMILES string of the molecule is Cc1ccc(N2C(=O)/C(=C/c3ccc(C(C)C)cc3)N=C2SCC#N)cc1. The average Bonchev–Trinajstić information content (AvgIpc) is 2.96. The summed E-state index contributed by atoms with van der Waals surface area (Å²) in [4.78, 5) is 19.1. The smallest absolute Gasteiger partial charge is 0.266 e. The number of rotatable bonds is 4. The van der Waals surface area contributed by atoms with E-state index in [0.29, 0.717) is 16.8 Å². The second-order valence-corrected chi connectivity index (χ2v) is 7.61. The molecule has 27 heavy (non-hydrogen) atoms. The normalized spacial score (nSPS) is 15.4. The number of aliphatic imine (C=N–C) groups is 1. The summed E-state index contributed by atoms with van der Waals surface area (Å²) in [6.45, 7) is 6.30. The van der Waals surface area contributed by atoms with E-state index in [2.05, 4.69) is 37.0 Å². The molecule has 1 aliphatic rings. The first-order valence-corrected chi connectivity index (χ1v) is 9.79. The maximum atomic E-state index is 13.0. The highest BCUT2D eigenvalue weighted by atomic mass is 32.2. The lowest BCUT2D eigenvalue weighted by molar-refractivity contribution is -0.113. The maximum Gasteiger partial charge on any atom is 0.283 e. The van der Waals surface area contributed by atoms with E-state index in [9.17, 15) is 4.79 Å². The summed E-state index contributed by atoms with van der Waals surface area (Å²) in [6, 6.07) is 18.0. The first kappa shape index (κ1) is 18.9. The summed E-state index contributed by atoms with van der Waals surface area (Å²) in [7, 11) is 0. The molecule has 0 unspecified atom stereocenters. The molecule has 0 N–H and O–H groups in total. The first-order valence-electron chi connectivity index (χ1n) is 8.81. The van der Waals surface area contributed by atoms with Crippen molar-refractivity contribution in [3.63, 3.8) is 0 Å². The molecule has 1 heterocycles. The number of carbonyl (C=O) groups excluding carboxylic acids is 1. The zero-order chi connectivity index (χ0) is 19.4. The molecule has 0 saturated heterocycles. The van der Waals surface area contributed by atoms with E-state index in [0.717, 1.165) is 16.8 Å². The van der Waals surface area contributed by atoms with Crippen LogP contribution in [-0.2, 0) is 4.79 Å².